The normalized spacial score (nSPS) is 14.7. The van der Waals surface area contributed by atoms with E-state index in [2.05, 4.69) is 15.3 Å². The zero-order valence-electron chi connectivity index (χ0n) is 14.1. The number of imide groups is 1. The quantitative estimate of drug-likeness (QED) is 0.802. The van der Waals surface area contributed by atoms with Crippen molar-refractivity contribution in [2.75, 3.05) is 25.9 Å². The van der Waals surface area contributed by atoms with Crippen LogP contribution in [0.4, 0.5) is 9.59 Å². The molecule has 1 saturated heterocycles. The Morgan fingerprint density at radius 2 is 2.04 bits per heavy atom. The Morgan fingerprint density at radius 3 is 2.69 bits per heavy atom. The van der Waals surface area contributed by atoms with Gasteiger partial charge in [-0.15, -0.1) is 0 Å². The number of pyridine rings is 1. The van der Waals surface area contributed by atoms with Gasteiger partial charge in [0.1, 0.15) is 5.69 Å². The van der Waals surface area contributed by atoms with E-state index in [0.717, 1.165) is 11.2 Å². The zero-order chi connectivity index (χ0) is 18.7. The Kier molecular flexibility index (Phi) is 4.89. The van der Waals surface area contributed by atoms with Gasteiger partial charge < -0.3 is 9.88 Å². The van der Waals surface area contributed by atoms with Gasteiger partial charge in [-0.2, -0.15) is 0 Å². The Bertz CT molecular complexity index is 911. The molecule has 2 aromatic heterocycles. The van der Waals surface area contributed by atoms with Gasteiger partial charge in [0, 0.05) is 31.7 Å². The highest BCUT2D eigenvalue weighted by molar-refractivity contribution is 7.88. The van der Waals surface area contributed by atoms with E-state index in [1.807, 2.05) is 22.8 Å². The van der Waals surface area contributed by atoms with Gasteiger partial charge in [-0.05, 0) is 12.1 Å². The third-order valence-corrected chi connectivity index (χ3v) is 4.99. The first-order chi connectivity index (χ1) is 12.4. The third kappa shape index (κ3) is 3.67. The SMILES string of the molecule is CS(=O)(=O)N1CCN(C(=O)NCCn2ccnc2-c2ccccn2)C1=O. The molecule has 4 amide bonds. The molecule has 3 rings (SSSR count). The summed E-state index contributed by atoms with van der Waals surface area (Å²) >= 11 is 0. The van der Waals surface area contributed by atoms with Crippen LogP contribution in [0.3, 0.4) is 0 Å². The molecule has 0 saturated carbocycles. The van der Waals surface area contributed by atoms with Crippen molar-refractivity contribution >= 4 is 22.1 Å². The number of nitrogens with one attached hydrogen (secondary N) is 1. The van der Waals surface area contributed by atoms with E-state index in [-0.39, 0.29) is 19.6 Å². The molecule has 2 aromatic rings. The molecule has 0 spiro atoms. The minimum absolute atomic E-state index is 0.0298. The van der Waals surface area contributed by atoms with E-state index in [4.69, 9.17) is 0 Å². The fourth-order valence-electron chi connectivity index (χ4n) is 2.61. The Morgan fingerprint density at radius 1 is 1.23 bits per heavy atom. The lowest BCUT2D eigenvalue weighted by Gasteiger charge is -2.16. The number of nitrogens with zero attached hydrogens (tertiary/aromatic N) is 5. The lowest BCUT2D eigenvalue weighted by molar-refractivity contribution is 0.193. The number of amides is 4. The highest BCUT2D eigenvalue weighted by atomic mass is 32.2. The van der Waals surface area contributed by atoms with Crippen molar-refractivity contribution in [2.45, 2.75) is 6.54 Å². The molecule has 0 unspecified atom stereocenters. The van der Waals surface area contributed by atoms with Crippen LogP contribution in [0.15, 0.2) is 36.8 Å². The van der Waals surface area contributed by atoms with E-state index in [1.165, 1.54) is 0 Å². The first-order valence-electron chi connectivity index (χ1n) is 7.87. The van der Waals surface area contributed by atoms with Gasteiger partial charge in [-0.25, -0.2) is 32.2 Å². The summed E-state index contributed by atoms with van der Waals surface area (Å²) < 4.78 is 25.5. The summed E-state index contributed by atoms with van der Waals surface area (Å²) in [6, 6.07) is 4.04. The van der Waals surface area contributed by atoms with Crippen LogP contribution in [0.5, 0.6) is 0 Å². The molecule has 0 aliphatic carbocycles. The summed E-state index contributed by atoms with van der Waals surface area (Å²) in [5.41, 5.74) is 0.711. The largest absolute Gasteiger partial charge is 0.341 e. The molecule has 26 heavy (non-hydrogen) atoms. The summed E-state index contributed by atoms with van der Waals surface area (Å²) in [4.78, 5) is 33.5. The number of carbonyl (C=O) groups excluding carboxylic acids is 2. The first kappa shape index (κ1) is 17.9. The topological polar surface area (TPSA) is 118 Å². The van der Waals surface area contributed by atoms with E-state index in [9.17, 15) is 18.0 Å². The predicted molar refractivity (Wildman–Crippen MR) is 92.5 cm³/mol. The molecule has 1 fully saturated rings. The molecule has 11 heteroatoms. The van der Waals surface area contributed by atoms with Crippen molar-refractivity contribution in [3.05, 3.63) is 36.8 Å². The Balaban J connectivity index is 1.57. The van der Waals surface area contributed by atoms with Gasteiger partial charge in [-0.1, -0.05) is 6.07 Å². The Labute approximate surface area is 150 Å². The number of rotatable bonds is 5. The number of sulfonamides is 1. The molecular formula is C15H18N6O4S. The molecule has 0 aromatic carbocycles. The van der Waals surface area contributed by atoms with Crippen molar-refractivity contribution in [3.63, 3.8) is 0 Å². The van der Waals surface area contributed by atoms with E-state index in [1.54, 1.807) is 18.6 Å². The van der Waals surface area contributed by atoms with E-state index in [0.29, 0.717) is 22.4 Å². The molecule has 0 radical (unpaired) electrons. The van der Waals surface area contributed by atoms with Crippen LogP contribution in [0, 0.1) is 0 Å². The van der Waals surface area contributed by atoms with Crippen LogP contribution in [0.25, 0.3) is 11.5 Å². The summed E-state index contributed by atoms with van der Waals surface area (Å²) in [5.74, 6) is 0.667. The fourth-order valence-corrected chi connectivity index (χ4v) is 3.41. The van der Waals surface area contributed by atoms with Gasteiger partial charge in [-0.3, -0.25) is 4.98 Å². The average Bonchev–Trinajstić information content (AvgIpc) is 3.21. The van der Waals surface area contributed by atoms with Crippen LogP contribution in [-0.4, -0.2) is 70.1 Å². The second-order valence-corrected chi connectivity index (χ2v) is 7.57. The van der Waals surface area contributed by atoms with Crippen LogP contribution >= 0.6 is 0 Å². The lowest BCUT2D eigenvalue weighted by Crippen LogP contribution is -2.44. The van der Waals surface area contributed by atoms with Crippen LogP contribution in [0.1, 0.15) is 0 Å². The monoisotopic (exact) mass is 378 g/mol. The minimum atomic E-state index is -3.67. The fraction of sp³-hybridized carbons (Fsp3) is 0.333. The number of urea groups is 2. The molecule has 1 aliphatic rings. The molecule has 1 aliphatic heterocycles. The van der Waals surface area contributed by atoms with Gasteiger partial charge >= 0.3 is 12.1 Å². The second kappa shape index (κ2) is 7.12. The molecular weight excluding hydrogens is 360 g/mol. The molecule has 10 nitrogen and oxygen atoms in total. The summed E-state index contributed by atoms with van der Waals surface area (Å²) in [6.45, 7) is 0.672. The number of hydrogen-bond donors (Lipinski definition) is 1. The molecule has 0 atom stereocenters. The molecule has 0 bridgehead atoms. The molecule has 1 N–H and O–H groups in total. The maximum atomic E-state index is 12.1. The van der Waals surface area contributed by atoms with Crippen molar-refractivity contribution in [1.29, 1.82) is 0 Å². The van der Waals surface area contributed by atoms with Crippen molar-refractivity contribution < 1.29 is 18.0 Å². The number of carbonyl (C=O) groups is 2. The average molecular weight is 378 g/mol. The zero-order valence-corrected chi connectivity index (χ0v) is 14.9. The smallest absolute Gasteiger partial charge is 0.336 e. The number of hydrogen-bond acceptors (Lipinski definition) is 6. The number of aromatic nitrogens is 3. The highest BCUT2D eigenvalue weighted by Gasteiger charge is 2.37. The van der Waals surface area contributed by atoms with Crippen molar-refractivity contribution in [3.8, 4) is 11.5 Å². The van der Waals surface area contributed by atoms with Crippen LogP contribution in [-0.2, 0) is 16.6 Å². The molecule has 138 valence electrons. The van der Waals surface area contributed by atoms with E-state index < -0.39 is 22.1 Å². The molecule has 3 heterocycles. The predicted octanol–water partition coefficient (Wildman–Crippen LogP) is 0.352. The van der Waals surface area contributed by atoms with Crippen molar-refractivity contribution in [2.24, 2.45) is 0 Å². The summed E-state index contributed by atoms with van der Waals surface area (Å²) in [6.07, 6.45) is 6.01. The van der Waals surface area contributed by atoms with Crippen LogP contribution in [0.2, 0.25) is 0 Å². The maximum Gasteiger partial charge on any atom is 0.341 e. The van der Waals surface area contributed by atoms with Gasteiger partial charge in [0.25, 0.3) is 0 Å². The summed E-state index contributed by atoms with van der Waals surface area (Å²) in [7, 11) is -3.67. The highest BCUT2D eigenvalue weighted by Crippen LogP contribution is 2.14. The third-order valence-electron chi connectivity index (χ3n) is 3.85. The second-order valence-electron chi connectivity index (χ2n) is 5.66. The first-order valence-corrected chi connectivity index (χ1v) is 9.72. The Hall–Kier alpha value is -2.95. The minimum Gasteiger partial charge on any atom is -0.336 e. The maximum absolute atomic E-state index is 12.1. The van der Waals surface area contributed by atoms with Crippen molar-refractivity contribution in [1.82, 2.24) is 29.1 Å². The summed E-state index contributed by atoms with van der Waals surface area (Å²) in [5, 5.41) is 2.62. The van der Waals surface area contributed by atoms with Gasteiger partial charge in [0.2, 0.25) is 10.0 Å². The van der Waals surface area contributed by atoms with Gasteiger partial charge in [0.15, 0.2) is 5.82 Å². The van der Waals surface area contributed by atoms with Gasteiger partial charge in [0.05, 0.1) is 19.3 Å². The lowest BCUT2D eigenvalue weighted by atomic mass is 10.3. The van der Waals surface area contributed by atoms with E-state index >= 15 is 0 Å². The van der Waals surface area contributed by atoms with Crippen LogP contribution < -0.4 is 5.32 Å². The standard InChI is InChI=1S/C15H18N6O4S/c1-26(24,25)21-11-10-20(15(21)23)14(22)18-7-9-19-8-6-17-13(19)12-4-2-3-5-16-12/h2-6,8H,7,9-11H2,1H3,(H,18,22). The number of imidazole rings is 1.